The molecule has 2 amide bonds. The smallest absolute Gasteiger partial charge is 0.320 e. The van der Waals surface area contributed by atoms with E-state index in [9.17, 15) is 4.79 Å². The van der Waals surface area contributed by atoms with Gasteiger partial charge in [0.15, 0.2) is 0 Å². The summed E-state index contributed by atoms with van der Waals surface area (Å²) in [6, 6.07) is -0.198. The first-order valence-corrected chi connectivity index (χ1v) is 8.78. The second-order valence-corrected chi connectivity index (χ2v) is 7.38. The van der Waals surface area contributed by atoms with Crippen molar-refractivity contribution < 1.29 is 4.79 Å². The van der Waals surface area contributed by atoms with Gasteiger partial charge in [-0.1, -0.05) is 13.8 Å². The number of carbonyl (C=O) groups excluding carboxylic acids is 1. The Bertz CT molecular complexity index is 626. The van der Waals surface area contributed by atoms with Gasteiger partial charge >= 0.3 is 6.03 Å². The summed E-state index contributed by atoms with van der Waals surface area (Å²) >= 11 is 3.17. The summed E-state index contributed by atoms with van der Waals surface area (Å²) in [6.07, 6.45) is 3.43. The summed E-state index contributed by atoms with van der Waals surface area (Å²) < 4.78 is 0. The fourth-order valence-corrected chi connectivity index (χ4v) is 4.31. The molecule has 0 unspecified atom stereocenters. The molecule has 0 aromatic carbocycles. The third-order valence-electron chi connectivity index (χ3n) is 3.41. The van der Waals surface area contributed by atoms with Gasteiger partial charge in [-0.2, -0.15) is 0 Å². The number of nitrogens with zero attached hydrogens (tertiary/aromatic N) is 2. The fraction of sp³-hybridized carbons (Fsp3) is 0.500. The van der Waals surface area contributed by atoms with Gasteiger partial charge in [-0.3, -0.25) is 5.32 Å². The number of aromatic nitrogens is 2. The molecule has 3 rings (SSSR count). The van der Waals surface area contributed by atoms with Crippen molar-refractivity contribution >= 4 is 33.7 Å². The van der Waals surface area contributed by atoms with E-state index in [-0.39, 0.29) is 6.03 Å². The van der Waals surface area contributed by atoms with Crippen molar-refractivity contribution in [2.75, 3.05) is 5.32 Å². The van der Waals surface area contributed by atoms with Crippen molar-refractivity contribution in [3.63, 3.8) is 0 Å². The van der Waals surface area contributed by atoms with Gasteiger partial charge in [0.2, 0.25) is 0 Å². The standard InChI is InChI=1S/C14H18N4OS2/c1-8(2)12-13(20-7-16-12)18-14(19)15-6-11-17-9-4-3-5-10(9)21-11/h7-8H,3-6H2,1-2H3,(H2,15,18,19). The summed E-state index contributed by atoms with van der Waals surface area (Å²) in [7, 11) is 0. The van der Waals surface area contributed by atoms with Crippen LogP contribution in [0.3, 0.4) is 0 Å². The van der Waals surface area contributed by atoms with E-state index in [1.54, 1.807) is 16.8 Å². The maximum absolute atomic E-state index is 12.0. The lowest BCUT2D eigenvalue weighted by molar-refractivity contribution is 0.252. The summed E-state index contributed by atoms with van der Waals surface area (Å²) in [6.45, 7) is 4.61. The van der Waals surface area contributed by atoms with E-state index >= 15 is 0 Å². The second kappa shape index (κ2) is 6.11. The van der Waals surface area contributed by atoms with Gasteiger partial charge in [0, 0.05) is 4.88 Å². The zero-order valence-electron chi connectivity index (χ0n) is 12.1. The molecular formula is C14H18N4OS2. The van der Waals surface area contributed by atoms with Crippen LogP contribution in [0.4, 0.5) is 9.80 Å². The van der Waals surface area contributed by atoms with Crippen LogP contribution >= 0.6 is 22.7 Å². The topological polar surface area (TPSA) is 66.9 Å². The molecule has 0 spiro atoms. The third kappa shape index (κ3) is 3.24. The largest absolute Gasteiger partial charge is 0.331 e. The molecule has 2 aromatic heterocycles. The predicted octanol–water partition coefficient (Wildman–Crippen LogP) is 3.53. The van der Waals surface area contributed by atoms with Crippen molar-refractivity contribution in [1.82, 2.24) is 15.3 Å². The van der Waals surface area contributed by atoms with Crippen LogP contribution in [0.2, 0.25) is 0 Å². The number of rotatable bonds is 4. The molecule has 2 heterocycles. The molecule has 0 aliphatic heterocycles. The zero-order chi connectivity index (χ0) is 14.8. The van der Waals surface area contributed by atoms with Crippen molar-refractivity contribution in [2.24, 2.45) is 0 Å². The molecule has 0 saturated carbocycles. The highest BCUT2D eigenvalue weighted by atomic mass is 32.1. The first-order chi connectivity index (χ1) is 10.1. The Hall–Kier alpha value is -1.47. The van der Waals surface area contributed by atoms with E-state index in [2.05, 4.69) is 34.4 Å². The molecule has 2 N–H and O–H groups in total. The molecule has 0 fully saturated rings. The summed E-state index contributed by atoms with van der Waals surface area (Å²) in [5.74, 6) is 0.300. The first kappa shape index (κ1) is 14.5. The highest BCUT2D eigenvalue weighted by molar-refractivity contribution is 7.14. The summed E-state index contributed by atoms with van der Waals surface area (Å²) in [5, 5.41) is 7.56. The van der Waals surface area contributed by atoms with Gasteiger partial charge in [-0.25, -0.2) is 14.8 Å². The number of carbonyl (C=O) groups is 1. The highest BCUT2D eigenvalue weighted by Gasteiger charge is 2.17. The van der Waals surface area contributed by atoms with Crippen LogP contribution in [0.25, 0.3) is 0 Å². The fourth-order valence-electron chi connectivity index (χ4n) is 2.38. The molecule has 7 heteroatoms. The maximum Gasteiger partial charge on any atom is 0.320 e. The lowest BCUT2D eigenvalue weighted by atomic mass is 10.1. The molecule has 1 aliphatic rings. The van der Waals surface area contributed by atoms with Crippen molar-refractivity contribution in [3.8, 4) is 0 Å². The maximum atomic E-state index is 12.0. The zero-order valence-corrected chi connectivity index (χ0v) is 13.7. The second-order valence-electron chi connectivity index (χ2n) is 5.36. The number of anilines is 1. The number of thiazole rings is 2. The third-order valence-corrected chi connectivity index (χ3v) is 5.32. The number of urea groups is 1. The minimum Gasteiger partial charge on any atom is -0.331 e. The quantitative estimate of drug-likeness (QED) is 0.905. The number of amides is 2. The molecule has 2 aromatic rings. The van der Waals surface area contributed by atoms with Crippen LogP contribution < -0.4 is 10.6 Å². The van der Waals surface area contributed by atoms with Crippen molar-refractivity contribution in [2.45, 2.75) is 45.6 Å². The lowest BCUT2D eigenvalue weighted by Gasteiger charge is -2.08. The minimum absolute atomic E-state index is 0.198. The molecule has 0 atom stereocenters. The van der Waals surface area contributed by atoms with Gasteiger partial charge in [-0.15, -0.1) is 22.7 Å². The molecular weight excluding hydrogens is 304 g/mol. The van der Waals surface area contributed by atoms with Crippen molar-refractivity contribution in [1.29, 1.82) is 0 Å². The average Bonchev–Trinajstić information content (AvgIpc) is 3.10. The van der Waals surface area contributed by atoms with Crippen LogP contribution in [0, 0.1) is 0 Å². The Labute approximate surface area is 131 Å². The van der Waals surface area contributed by atoms with Gasteiger partial charge in [0.1, 0.15) is 10.0 Å². The number of fused-ring (bicyclic) bond motifs is 1. The molecule has 0 radical (unpaired) electrons. The normalized spacial score (nSPS) is 13.5. The number of hydrogen-bond acceptors (Lipinski definition) is 5. The van der Waals surface area contributed by atoms with Crippen LogP contribution in [0.5, 0.6) is 0 Å². The molecule has 0 saturated heterocycles. The Morgan fingerprint density at radius 3 is 3.05 bits per heavy atom. The summed E-state index contributed by atoms with van der Waals surface area (Å²) in [4.78, 5) is 22.2. The van der Waals surface area contributed by atoms with E-state index in [0.29, 0.717) is 12.5 Å². The monoisotopic (exact) mass is 322 g/mol. The van der Waals surface area contributed by atoms with Crippen LogP contribution in [-0.2, 0) is 19.4 Å². The highest BCUT2D eigenvalue weighted by Crippen LogP contribution is 2.28. The Kier molecular flexibility index (Phi) is 4.21. The van der Waals surface area contributed by atoms with Gasteiger partial charge in [0.05, 0.1) is 23.4 Å². The number of aryl methyl sites for hydroxylation is 2. The molecule has 5 nitrogen and oxygen atoms in total. The lowest BCUT2D eigenvalue weighted by Crippen LogP contribution is -2.28. The van der Waals surface area contributed by atoms with E-state index in [1.807, 2.05) is 0 Å². The SMILES string of the molecule is CC(C)c1ncsc1NC(=O)NCc1nc2c(s1)CCC2. The Morgan fingerprint density at radius 1 is 1.43 bits per heavy atom. The van der Waals surface area contributed by atoms with Crippen LogP contribution in [0.1, 0.15) is 47.5 Å². The van der Waals surface area contributed by atoms with E-state index in [0.717, 1.165) is 28.5 Å². The number of hydrogen-bond donors (Lipinski definition) is 2. The van der Waals surface area contributed by atoms with Crippen molar-refractivity contribution in [3.05, 3.63) is 26.8 Å². The first-order valence-electron chi connectivity index (χ1n) is 7.09. The molecule has 112 valence electrons. The van der Waals surface area contributed by atoms with Gasteiger partial charge in [0.25, 0.3) is 0 Å². The summed E-state index contributed by atoms with van der Waals surface area (Å²) in [5.41, 5.74) is 3.92. The van der Waals surface area contributed by atoms with E-state index in [1.165, 1.54) is 28.3 Å². The molecule has 1 aliphatic carbocycles. The Morgan fingerprint density at radius 2 is 2.29 bits per heavy atom. The van der Waals surface area contributed by atoms with Gasteiger partial charge < -0.3 is 5.32 Å². The Balaban J connectivity index is 1.55. The number of nitrogens with one attached hydrogen (secondary N) is 2. The van der Waals surface area contributed by atoms with Crippen LogP contribution in [-0.4, -0.2) is 16.0 Å². The van der Waals surface area contributed by atoms with Gasteiger partial charge in [-0.05, 0) is 25.2 Å². The predicted molar refractivity (Wildman–Crippen MR) is 86.2 cm³/mol. The molecule has 21 heavy (non-hydrogen) atoms. The van der Waals surface area contributed by atoms with E-state index < -0.39 is 0 Å². The molecule has 0 bridgehead atoms. The minimum atomic E-state index is -0.198. The van der Waals surface area contributed by atoms with Crippen LogP contribution in [0.15, 0.2) is 5.51 Å². The average molecular weight is 322 g/mol. The van der Waals surface area contributed by atoms with E-state index in [4.69, 9.17) is 0 Å².